The van der Waals surface area contributed by atoms with Gasteiger partial charge in [0, 0.05) is 6.54 Å². The molecular formula is C35H35N3O2. The van der Waals surface area contributed by atoms with Crippen molar-refractivity contribution in [2.45, 2.75) is 45.2 Å². The second-order valence-corrected chi connectivity index (χ2v) is 10.1. The molecule has 1 amide bonds. The fourth-order valence-electron chi connectivity index (χ4n) is 5.50. The predicted molar refractivity (Wildman–Crippen MR) is 161 cm³/mol. The van der Waals surface area contributed by atoms with Crippen LogP contribution in [0.4, 0.5) is 0 Å². The molecule has 1 unspecified atom stereocenters. The third kappa shape index (κ3) is 5.59. The summed E-state index contributed by atoms with van der Waals surface area (Å²) < 4.78 is 1.77. The maximum atomic E-state index is 14.6. The van der Waals surface area contributed by atoms with Gasteiger partial charge >= 0.3 is 0 Å². The van der Waals surface area contributed by atoms with Crippen LogP contribution in [0.15, 0.2) is 120 Å². The van der Waals surface area contributed by atoms with Crippen molar-refractivity contribution < 1.29 is 4.79 Å². The van der Waals surface area contributed by atoms with Crippen LogP contribution in [0.25, 0.3) is 10.9 Å². The Bertz CT molecular complexity index is 1580. The van der Waals surface area contributed by atoms with E-state index in [9.17, 15) is 9.59 Å². The van der Waals surface area contributed by atoms with Gasteiger partial charge < -0.3 is 4.90 Å². The molecule has 0 aliphatic rings. The Balaban J connectivity index is 1.66. The van der Waals surface area contributed by atoms with Gasteiger partial charge in [-0.2, -0.15) is 0 Å². The standard InChI is InChI=1S/C35H35N3O2/c1-3-24-37(35(40)32(27-18-10-6-11-19-27)28-20-12-7-13-21-28)31(4-2)33-36-30-23-15-14-22-29(30)34(39)38(33)25-26-16-8-5-9-17-26/h5-23,31-32H,3-4,24-25H2,1-2H3. The van der Waals surface area contributed by atoms with Crippen molar-refractivity contribution in [1.82, 2.24) is 14.5 Å². The summed E-state index contributed by atoms with van der Waals surface area (Å²) in [5, 5.41) is 0.580. The third-order valence-corrected chi connectivity index (χ3v) is 7.40. The van der Waals surface area contributed by atoms with Gasteiger partial charge in [0.25, 0.3) is 5.56 Å². The molecule has 5 nitrogen and oxygen atoms in total. The first-order valence-corrected chi connectivity index (χ1v) is 14.1. The highest BCUT2D eigenvalue weighted by Crippen LogP contribution is 2.32. The van der Waals surface area contributed by atoms with Gasteiger partial charge in [-0.1, -0.05) is 117 Å². The number of benzene rings is 4. The molecule has 0 aliphatic heterocycles. The summed E-state index contributed by atoms with van der Waals surface area (Å²) in [7, 11) is 0. The van der Waals surface area contributed by atoms with Gasteiger partial charge in [-0.05, 0) is 41.7 Å². The van der Waals surface area contributed by atoms with E-state index in [1.54, 1.807) is 4.57 Å². The van der Waals surface area contributed by atoms with E-state index in [1.165, 1.54) is 0 Å². The zero-order valence-electron chi connectivity index (χ0n) is 23.1. The molecular weight excluding hydrogens is 494 g/mol. The Kier molecular flexibility index (Phi) is 8.50. The number of nitrogens with zero attached hydrogens (tertiary/aromatic N) is 3. The summed E-state index contributed by atoms with van der Waals surface area (Å²) in [6.07, 6.45) is 1.41. The smallest absolute Gasteiger partial charge is 0.261 e. The average molecular weight is 530 g/mol. The van der Waals surface area contributed by atoms with Gasteiger partial charge in [0.2, 0.25) is 5.91 Å². The molecule has 5 aromatic rings. The van der Waals surface area contributed by atoms with E-state index >= 15 is 0 Å². The SMILES string of the molecule is CCCN(C(=O)C(c1ccccc1)c1ccccc1)C(CC)c1nc2ccccc2c(=O)n1Cc1ccccc1. The third-order valence-electron chi connectivity index (χ3n) is 7.40. The Labute approximate surface area is 235 Å². The minimum atomic E-state index is -0.460. The Hall–Kier alpha value is -4.51. The van der Waals surface area contributed by atoms with Crippen molar-refractivity contribution in [3.8, 4) is 0 Å². The van der Waals surface area contributed by atoms with Gasteiger partial charge in [-0.15, -0.1) is 0 Å². The van der Waals surface area contributed by atoms with Crippen LogP contribution in [0.5, 0.6) is 0 Å². The lowest BCUT2D eigenvalue weighted by Crippen LogP contribution is -2.42. The first-order valence-electron chi connectivity index (χ1n) is 14.1. The molecule has 5 heteroatoms. The zero-order chi connectivity index (χ0) is 27.9. The quantitative estimate of drug-likeness (QED) is 0.196. The molecule has 5 rings (SSSR count). The normalized spacial score (nSPS) is 12.0. The van der Waals surface area contributed by atoms with Crippen molar-refractivity contribution in [2.24, 2.45) is 0 Å². The Morgan fingerprint density at radius 3 is 1.90 bits per heavy atom. The topological polar surface area (TPSA) is 55.2 Å². The summed E-state index contributed by atoms with van der Waals surface area (Å²) in [5.74, 6) is 0.175. The molecule has 0 aliphatic carbocycles. The minimum absolute atomic E-state index is 0.0137. The van der Waals surface area contributed by atoms with Gasteiger partial charge in [-0.25, -0.2) is 4.98 Å². The van der Waals surface area contributed by atoms with Crippen LogP contribution in [0.2, 0.25) is 0 Å². The summed E-state index contributed by atoms with van der Waals surface area (Å²) in [6, 6.07) is 36.9. The molecule has 0 fully saturated rings. The molecule has 0 bridgehead atoms. The molecule has 40 heavy (non-hydrogen) atoms. The van der Waals surface area contributed by atoms with Gasteiger partial charge in [-0.3, -0.25) is 14.2 Å². The minimum Gasteiger partial charge on any atom is -0.332 e. The summed E-state index contributed by atoms with van der Waals surface area (Å²) in [6.45, 7) is 5.09. The van der Waals surface area contributed by atoms with Crippen molar-refractivity contribution in [3.63, 3.8) is 0 Å². The lowest BCUT2D eigenvalue weighted by molar-refractivity contribution is -0.134. The molecule has 0 N–H and O–H groups in total. The average Bonchev–Trinajstić information content (AvgIpc) is 3.00. The lowest BCUT2D eigenvalue weighted by Gasteiger charge is -2.35. The molecule has 1 aromatic heterocycles. The molecule has 1 heterocycles. The number of hydrogen-bond acceptors (Lipinski definition) is 3. The van der Waals surface area contributed by atoms with Crippen LogP contribution < -0.4 is 5.56 Å². The maximum absolute atomic E-state index is 14.6. The number of carbonyl (C=O) groups excluding carboxylic acids is 1. The number of carbonyl (C=O) groups is 1. The largest absolute Gasteiger partial charge is 0.332 e. The van der Waals surface area contributed by atoms with E-state index in [1.807, 2.05) is 120 Å². The van der Waals surface area contributed by atoms with E-state index in [2.05, 4.69) is 13.8 Å². The van der Waals surface area contributed by atoms with Crippen molar-refractivity contribution in [3.05, 3.63) is 148 Å². The van der Waals surface area contributed by atoms with Gasteiger partial charge in [0.15, 0.2) is 0 Å². The van der Waals surface area contributed by atoms with Crippen LogP contribution in [0.3, 0.4) is 0 Å². The van der Waals surface area contributed by atoms with E-state index < -0.39 is 5.92 Å². The van der Waals surface area contributed by atoms with E-state index in [0.29, 0.717) is 36.2 Å². The van der Waals surface area contributed by atoms with Crippen molar-refractivity contribution in [1.29, 1.82) is 0 Å². The fourth-order valence-corrected chi connectivity index (χ4v) is 5.50. The van der Waals surface area contributed by atoms with Crippen LogP contribution >= 0.6 is 0 Å². The first kappa shape index (κ1) is 27.1. The number of rotatable bonds is 10. The second kappa shape index (κ2) is 12.6. The highest BCUT2D eigenvalue weighted by molar-refractivity contribution is 5.87. The molecule has 202 valence electrons. The summed E-state index contributed by atoms with van der Waals surface area (Å²) in [5.41, 5.74) is 3.47. The van der Waals surface area contributed by atoms with Gasteiger partial charge in [0.05, 0.1) is 29.4 Å². The number of fused-ring (bicyclic) bond motifs is 1. The monoisotopic (exact) mass is 529 g/mol. The van der Waals surface area contributed by atoms with E-state index in [0.717, 1.165) is 23.1 Å². The molecule has 0 spiro atoms. The second-order valence-electron chi connectivity index (χ2n) is 10.1. The highest BCUT2D eigenvalue weighted by Gasteiger charge is 2.33. The Morgan fingerprint density at radius 2 is 1.32 bits per heavy atom. The maximum Gasteiger partial charge on any atom is 0.261 e. The summed E-state index contributed by atoms with van der Waals surface area (Å²) in [4.78, 5) is 35.6. The Morgan fingerprint density at radius 1 is 0.775 bits per heavy atom. The summed E-state index contributed by atoms with van der Waals surface area (Å²) >= 11 is 0. The van der Waals surface area contributed by atoms with Crippen molar-refractivity contribution in [2.75, 3.05) is 6.54 Å². The number of para-hydroxylation sites is 1. The lowest BCUT2D eigenvalue weighted by atomic mass is 9.89. The predicted octanol–water partition coefficient (Wildman–Crippen LogP) is 6.97. The van der Waals surface area contributed by atoms with Crippen LogP contribution in [0, 0.1) is 0 Å². The molecule has 0 saturated carbocycles. The van der Waals surface area contributed by atoms with Crippen molar-refractivity contribution >= 4 is 16.8 Å². The molecule has 0 radical (unpaired) electrons. The van der Waals surface area contributed by atoms with Gasteiger partial charge in [0.1, 0.15) is 5.82 Å². The molecule has 1 atom stereocenters. The zero-order valence-corrected chi connectivity index (χ0v) is 23.1. The molecule has 4 aromatic carbocycles. The van der Waals surface area contributed by atoms with Crippen LogP contribution in [-0.4, -0.2) is 26.9 Å². The number of hydrogen-bond donors (Lipinski definition) is 0. The van der Waals surface area contributed by atoms with E-state index in [4.69, 9.17) is 4.98 Å². The number of amides is 1. The van der Waals surface area contributed by atoms with E-state index in [-0.39, 0.29) is 17.5 Å². The fraction of sp³-hybridized carbons (Fsp3) is 0.229. The molecule has 0 saturated heterocycles. The number of aromatic nitrogens is 2. The first-order chi connectivity index (χ1) is 19.6. The van der Waals surface area contributed by atoms with Crippen LogP contribution in [-0.2, 0) is 11.3 Å². The highest BCUT2D eigenvalue weighted by atomic mass is 16.2. The van der Waals surface area contributed by atoms with Crippen LogP contribution in [0.1, 0.15) is 61.2 Å².